The molecular weight excluding hydrogens is 328 g/mol. The lowest BCUT2D eigenvalue weighted by atomic mass is 9.83. The fourth-order valence-electron chi connectivity index (χ4n) is 3.24. The molecule has 0 atom stereocenters. The van der Waals surface area contributed by atoms with E-state index in [1.165, 1.54) is 0 Å². The van der Waals surface area contributed by atoms with Crippen LogP contribution in [0.25, 0.3) is 0 Å². The molecule has 0 spiro atoms. The van der Waals surface area contributed by atoms with Crippen LogP contribution in [0.5, 0.6) is 23.0 Å². The molecule has 3 aromatic rings. The Balaban J connectivity index is 2.29. The van der Waals surface area contributed by atoms with E-state index >= 15 is 0 Å². The third-order valence-electron chi connectivity index (χ3n) is 4.66. The van der Waals surface area contributed by atoms with Crippen LogP contribution in [0.3, 0.4) is 0 Å². The molecule has 0 radical (unpaired) electrons. The molecule has 0 fully saturated rings. The Morgan fingerprint density at radius 3 is 1.73 bits per heavy atom. The van der Waals surface area contributed by atoms with E-state index in [9.17, 15) is 15.3 Å². The number of rotatable bonds is 4. The van der Waals surface area contributed by atoms with Gasteiger partial charge in [-0.3, -0.25) is 0 Å². The van der Waals surface area contributed by atoms with Gasteiger partial charge < -0.3 is 20.1 Å². The normalized spacial score (nSPS) is 10.9. The van der Waals surface area contributed by atoms with Gasteiger partial charge in [0, 0.05) is 11.5 Å². The molecule has 0 amide bonds. The maximum absolute atomic E-state index is 10.6. The average Bonchev–Trinajstić information content (AvgIpc) is 2.62. The summed E-state index contributed by atoms with van der Waals surface area (Å²) in [6.45, 7) is 3.67. The van der Waals surface area contributed by atoms with Gasteiger partial charge in [0.15, 0.2) is 0 Å². The van der Waals surface area contributed by atoms with Gasteiger partial charge >= 0.3 is 0 Å². The standard InChI is InChI=1S/C22H22O4/c1-13-11-15(7-9-17(13)23)21(16-8-10-18(24)14(2)12-16)22-19(25)5-4-6-20(22)26-3/h4-12,21,23-25H,1-3H3. The van der Waals surface area contributed by atoms with Gasteiger partial charge in [-0.2, -0.15) is 0 Å². The van der Waals surface area contributed by atoms with Gasteiger partial charge in [0.1, 0.15) is 23.0 Å². The number of ether oxygens (including phenoxy) is 1. The van der Waals surface area contributed by atoms with E-state index in [1.54, 1.807) is 31.4 Å². The first-order chi connectivity index (χ1) is 12.4. The molecule has 0 saturated heterocycles. The highest BCUT2D eigenvalue weighted by Crippen LogP contribution is 2.43. The molecule has 3 N–H and O–H groups in total. The van der Waals surface area contributed by atoms with Crippen molar-refractivity contribution in [3.63, 3.8) is 0 Å². The highest BCUT2D eigenvalue weighted by molar-refractivity contribution is 5.57. The summed E-state index contributed by atoms with van der Waals surface area (Å²) in [5.41, 5.74) is 3.95. The van der Waals surface area contributed by atoms with Crippen LogP contribution in [-0.2, 0) is 0 Å². The number of aromatic hydroxyl groups is 3. The summed E-state index contributed by atoms with van der Waals surface area (Å²) in [5.74, 6) is 0.833. The summed E-state index contributed by atoms with van der Waals surface area (Å²) in [6.07, 6.45) is 0. The average molecular weight is 350 g/mol. The molecule has 4 heteroatoms. The zero-order chi connectivity index (χ0) is 18.8. The minimum absolute atomic E-state index is 0.130. The maximum atomic E-state index is 10.6. The second-order valence-electron chi connectivity index (χ2n) is 6.42. The third-order valence-corrected chi connectivity index (χ3v) is 4.66. The fraction of sp³-hybridized carbons (Fsp3) is 0.182. The number of aryl methyl sites for hydroxylation is 2. The summed E-state index contributed by atoms with van der Waals surface area (Å²) < 4.78 is 5.50. The van der Waals surface area contributed by atoms with Gasteiger partial charge in [-0.1, -0.05) is 30.3 Å². The summed E-state index contributed by atoms with van der Waals surface area (Å²) in [4.78, 5) is 0. The van der Waals surface area contributed by atoms with Gasteiger partial charge in [0.05, 0.1) is 7.11 Å². The Labute approximate surface area is 153 Å². The lowest BCUT2D eigenvalue weighted by Crippen LogP contribution is -2.06. The van der Waals surface area contributed by atoms with Crippen molar-refractivity contribution in [1.82, 2.24) is 0 Å². The zero-order valence-electron chi connectivity index (χ0n) is 15.0. The largest absolute Gasteiger partial charge is 0.508 e. The number of methoxy groups -OCH3 is 1. The molecule has 0 aromatic heterocycles. The minimum Gasteiger partial charge on any atom is -0.508 e. The first-order valence-corrected chi connectivity index (χ1v) is 8.37. The molecule has 0 heterocycles. The van der Waals surface area contributed by atoms with Crippen LogP contribution in [0.4, 0.5) is 0 Å². The third kappa shape index (κ3) is 3.18. The molecule has 26 heavy (non-hydrogen) atoms. The van der Waals surface area contributed by atoms with E-state index in [-0.39, 0.29) is 23.2 Å². The van der Waals surface area contributed by atoms with Crippen LogP contribution >= 0.6 is 0 Å². The quantitative estimate of drug-likeness (QED) is 0.601. The van der Waals surface area contributed by atoms with Crippen molar-refractivity contribution in [2.75, 3.05) is 7.11 Å². The van der Waals surface area contributed by atoms with Crippen molar-refractivity contribution in [2.24, 2.45) is 0 Å². The van der Waals surface area contributed by atoms with Crippen LogP contribution in [0, 0.1) is 13.8 Å². The van der Waals surface area contributed by atoms with Crippen molar-refractivity contribution in [1.29, 1.82) is 0 Å². The number of benzene rings is 3. The number of hydrogen-bond acceptors (Lipinski definition) is 4. The molecular formula is C22H22O4. The van der Waals surface area contributed by atoms with Crippen LogP contribution in [0.1, 0.15) is 33.7 Å². The van der Waals surface area contributed by atoms with E-state index < -0.39 is 0 Å². The molecule has 0 aliphatic heterocycles. The van der Waals surface area contributed by atoms with E-state index in [1.807, 2.05) is 44.2 Å². The summed E-state index contributed by atoms with van der Waals surface area (Å²) in [7, 11) is 1.57. The minimum atomic E-state index is -0.315. The molecule has 3 rings (SSSR count). The predicted octanol–water partition coefficient (Wildman–Crippen LogP) is 4.61. The second-order valence-corrected chi connectivity index (χ2v) is 6.42. The number of hydrogen-bond donors (Lipinski definition) is 3. The summed E-state index contributed by atoms with van der Waals surface area (Å²) in [6, 6.07) is 15.9. The Bertz CT molecular complexity index is 895. The molecule has 0 bridgehead atoms. The first kappa shape index (κ1) is 17.7. The maximum Gasteiger partial charge on any atom is 0.126 e. The van der Waals surface area contributed by atoms with Gasteiger partial charge in [0.25, 0.3) is 0 Å². The van der Waals surface area contributed by atoms with E-state index in [4.69, 9.17) is 4.74 Å². The monoisotopic (exact) mass is 350 g/mol. The highest BCUT2D eigenvalue weighted by Gasteiger charge is 2.25. The van der Waals surface area contributed by atoms with Gasteiger partial charge in [-0.25, -0.2) is 0 Å². The van der Waals surface area contributed by atoms with E-state index in [2.05, 4.69) is 0 Å². The van der Waals surface area contributed by atoms with Crippen LogP contribution in [-0.4, -0.2) is 22.4 Å². The topological polar surface area (TPSA) is 69.9 Å². The number of phenolic OH excluding ortho intramolecular Hbond substituents is 3. The van der Waals surface area contributed by atoms with Crippen molar-refractivity contribution >= 4 is 0 Å². The van der Waals surface area contributed by atoms with Crippen molar-refractivity contribution < 1.29 is 20.1 Å². The van der Waals surface area contributed by atoms with Crippen molar-refractivity contribution in [3.05, 3.63) is 82.4 Å². The Hall–Kier alpha value is -3.14. The Morgan fingerprint density at radius 2 is 1.27 bits per heavy atom. The van der Waals surface area contributed by atoms with Gasteiger partial charge in [0.2, 0.25) is 0 Å². The zero-order valence-corrected chi connectivity index (χ0v) is 15.0. The molecule has 4 nitrogen and oxygen atoms in total. The van der Waals surface area contributed by atoms with E-state index in [0.29, 0.717) is 11.3 Å². The molecule has 0 saturated carbocycles. The van der Waals surface area contributed by atoms with Crippen LogP contribution in [0.2, 0.25) is 0 Å². The Kier molecular flexibility index (Phi) is 4.76. The molecule has 0 unspecified atom stereocenters. The predicted molar refractivity (Wildman–Crippen MR) is 101 cm³/mol. The SMILES string of the molecule is COc1cccc(O)c1C(c1ccc(O)c(C)c1)c1ccc(O)c(C)c1. The van der Waals surface area contributed by atoms with Crippen LogP contribution < -0.4 is 4.74 Å². The number of phenols is 3. The summed E-state index contributed by atoms with van der Waals surface area (Å²) in [5, 5.41) is 30.4. The second kappa shape index (κ2) is 7.00. The molecule has 3 aromatic carbocycles. The highest BCUT2D eigenvalue weighted by atomic mass is 16.5. The van der Waals surface area contributed by atoms with Gasteiger partial charge in [-0.05, 0) is 60.4 Å². The first-order valence-electron chi connectivity index (χ1n) is 8.37. The Morgan fingerprint density at radius 1 is 0.731 bits per heavy atom. The van der Waals surface area contributed by atoms with Gasteiger partial charge in [-0.15, -0.1) is 0 Å². The summed E-state index contributed by atoms with van der Waals surface area (Å²) >= 11 is 0. The van der Waals surface area contributed by atoms with Crippen molar-refractivity contribution in [2.45, 2.75) is 19.8 Å². The lowest BCUT2D eigenvalue weighted by Gasteiger charge is -2.23. The fourth-order valence-corrected chi connectivity index (χ4v) is 3.24. The van der Waals surface area contributed by atoms with E-state index in [0.717, 1.165) is 22.3 Å². The molecule has 0 aliphatic rings. The van der Waals surface area contributed by atoms with Crippen LogP contribution in [0.15, 0.2) is 54.6 Å². The molecule has 0 aliphatic carbocycles. The van der Waals surface area contributed by atoms with Crippen molar-refractivity contribution in [3.8, 4) is 23.0 Å². The smallest absolute Gasteiger partial charge is 0.126 e. The molecule has 134 valence electrons. The lowest BCUT2D eigenvalue weighted by molar-refractivity contribution is 0.398.